The number of anilines is 1. The van der Waals surface area contributed by atoms with Crippen molar-refractivity contribution < 1.29 is 19.1 Å². The Morgan fingerprint density at radius 3 is 2.50 bits per heavy atom. The minimum atomic E-state index is -0.350. The van der Waals surface area contributed by atoms with Crippen molar-refractivity contribution >= 4 is 29.9 Å². The topological polar surface area (TPSA) is 93.9 Å². The molecule has 0 aliphatic rings. The van der Waals surface area contributed by atoms with Crippen LogP contribution in [0, 0.1) is 0 Å². The van der Waals surface area contributed by atoms with E-state index in [0.717, 1.165) is 0 Å². The highest BCUT2D eigenvalue weighted by molar-refractivity contribution is 5.98. The Hall–Kier alpha value is -1.83. The van der Waals surface area contributed by atoms with E-state index < -0.39 is 0 Å². The third kappa shape index (κ3) is 6.35. The molecule has 1 aromatic carbocycles. The van der Waals surface area contributed by atoms with Crippen LogP contribution in [-0.4, -0.2) is 57.2 Å². The summed E-state index contributed by atoms with van der Waals surface area (Å²) in [6, 6.07) is 4.95. The number of halogens is 1. The van der Waals surface area contributed by atoms with Crippen molar-refractivity contribution in [1.82, 2.24) is 4.90 Å². The van der Waals surface area contributed by atoms with Gasteiger partial charge in [-0.05, 0) is 25.1 Å². The van der Waals surface area contributed by atoms with Crippen molar-refractivity contribution in [3.8, 4) is 5.75 Å². The second-order valence-corrected chi connectivity index (χ2v) is 5.19. The van der Waals surface area contributed by atoms with E-state index in [1.54, 1.807) is 32.3 Å². The maximum absolute atomic E-state index is 12.1. The lowest BCUT2D eigenvalue weighted by molar-refractivity contribution is -0.118. The number of amides is 2. The number of nitrogens with one attached hydrogen (secondary N) is 1. The minimum Gasteiger partial charge on any atom is -0.492 e. The molecule has 1 aromatic rings. The summed E-state index contributed by atoms with van der Waals surface area (Å²) in [5.41, 5.74) is 6.44. The molecular weight excluding hydrogens is 334 g/mol. The zero-order valence-corrected chi connectivity index (χ0v) is 15.3. The summed E-state index contributed by atoms with van der Waals surface area (Å²) in [5.74, 6) is 0.107. The first-order valence-electron chi connectivity index (χ1n) is 7.44. The predicted molar refractivity (Wildman–Crippen MR) is 96.0 cm³/mol. The molecule has 7 nitrogen and oxygen atoms in total. The summed E-state index contributed by atoms with van der Waals surface area (Å²) in [7, 11) is 4.84. The van der Waals surface area contributed by atoms with Gasteiger partial charge in [0.2, 0.25) is 5.91 Å². The zero-order valence-electron chi connectivity index (χ0n) is 14.5. The summed E-state index contributed by atoms with van der Waals surface area (Å²) >= 11 is 0. The lowest BCUT2D eigenvalue weighted by Gasteiger charge is -2.16. The van der Waals surface area contributed by atoms with Crippen molar-refractivity contribution in [1.29, 1.82) is 0 Å². The molecule has 24 heavy (non-hydrogen) atoms. The van der Waals surface area contributed by atoms with E-state index in [-0.39, 0.29) is 43.3 Å². The summed E-state index contributed by atoms with van der Waals surface area (Å²) < 4.78 is 10.6. The van der Waals surface area contributed by atoms with Crippen molar-refractivity contribution in [2.45, 2.75) is 19.4 Å². The van der Waals surface area contributed by atoms with E-state index in [0.29, 0.717) is 23.6 Å². The predicted octanol–water partition coefficient (Wildman–Crippen LogP) is 1.51. The van der Waals surface area contributed by atoms with Gasteiger partial charge in [-0.25, -0.2) is 0 Å². The molecule has 1 rings (SSSR count). The Morgan fingerprint density at radius 2 is 2.00 bits per heavy atom. The third-order valence-electron chi connectivity index (χ3n) is 3.22. The van der Waals surface area contributed by atoms with Crippen molar-refractivity contribution in [2.24, 2.45) is 5.73 Å². The molecular formula is C16H26ClN3O4. The van der Waals surface area contributed by atoms with Gasteiger partial charge < -0.3 is 25.4 Å². The second-order valence-electron chi connectivity index (χ2n) is 5.19. The minimum absolute atomic E-state index is 0. The van der Waals surface area contributed by atoms with Crippen LogP contribution in [0.1, 0.15) is 23.7 Å². The van der Waals surface area contributed by atoms with E-state index in [2.05, 4.69) is 5.32 Å². The zero-order chi connectivity index (χ0) is 17.4. The Bertz CT molecular complexity index is 548. The molecule has 0 aromatic heterocycles. The third-order valence-corrected chi connectivity index (χ3v) is 3.22. The molecule has 0 fully saturated rings. The van der Waals surface area contributed by atoms with E-state index >= 15 is 0 Å². The van der Waals surface area contributed by atoms with E-state index in [1.165, 1.54) is 12.0 Å². The highest BCUT2D eigenvalue weighted by atomic mass is 35.5. The molecule has 0 saturated heterocycles. The normalized spacial score (nSPS) is 11.2. The molecule has 0 bridgehead atoms. The van der Waals surface area contributed by atoms with Crippen molar-refractivity contribution in [2.75, 3.05) is 39.7 Å². The summed E-state index contributed by atoms with van der Waals surface area (Å²) in [6.45, 7) is 2.55. The number of nitrogens with two attached hydrogens (primary N) is 1. The van der Waals surface area contributed by atoms with Crippen LogP contribution in [0.4, 0.5) is 5.69 Å². The standard InChI is InChI=1S/C16H25N3O4.ClH/c1-5-23-14-7-6-11(16(21)19(2)3)8-13(14)18-15(20)9-12(10-17)22-4;/h6-8,12H,5,9-10,17H2,1-4H3,(H,18,20);1H. The van der Waals surface area contributed by atoms with Crippen LogP contribution >= 0.6 is 12.4 Å². The van der Waals surface area contributed by atoms with E-state index in [9.17, 15) is 9.59 Å². The largest absolute Gasteiger partial charge is 0.492 e. The molecule has 0 radical (unpaired) electrons. The Morgan fingerprint density at radius 1 is 1.33 bits per heavy atom. The number of carbonyl (C=O) groups excluding carboxylic acids is 2. The van der Waals surface area contributed by atoms with Crippen molar-refractivity contribution in [3.05, 3.63) is 23.8 Å². The van der Waals surface area contributed by atoms with Gasteiger partial charge in [0, 0.05) is 33.3 Å². The van der Waals surface area contributed by atoms with E-state index in [1.807, 2.05) is 6.92 Å². The molecule has 1 atom stereocenters. The van der Waals surface area contributed by atoms with Gasteiger partial charge in [-0.15, -0.1) is 12.4 Å². The number of ether oxygens (including phenoxy) is 2. The summed E-state index contributed by atoms with van der Waals surface area (Å²) in [5, 5.41) is 2.76. The van der Waals surface area contributed by atoms with Crippen LogP contribution in [0.2, 0.25) is 0 Å². The average molecular weight is 360 g/mol. The Labute approximate surface area is 148 Å². The second kappa shape index (κ2) is 10.9. The molecule has 0 aliphatic carbocycles. The number of hydrogen-bond acceptors (Lipinski definition) is 5. The van der Waals surface area contributed by atoms with Crippen LogP contribution in [0.15, 0.2) is 18.2 Å². The number of methoxy groups -OCH3 is 1. The first-order valence-corrected chi connectivity index (χ1v) is 7.44. The van der Waals surface area contributed by atoms with Gasteiger partial charge in [-0.3, -0.25) is 9.59 Å². The molecule has 0 heterocycles. The van der Waals surface area contributed by atoms with Crippen LogP contribution in [0.5, 0.6) is 5.75 Å². The van der Waals surface area contributed by atoms with Crippen LogP contribution in [0.3, 0.4) is 0 Å². The molecule has 0 saturated carbocycles. The van der Waals surface area contributed by atoms with Gasteiger partial charge in [0.05, 0.1) is 24.8 Å². The fraction of sp³-hybridized carbons (Fsp3) is 0.500. The molecule has 136 valence electrons. The van der Waals surface area contributed by atoms with Crippen LogP contribution in [-0.2, 0) is 9.53 Å². The first kappa shape index (κ1) is 22.2. The van der Waals surface area contributed by atoms with E-state index in [4.69, 9.17) is 15.2 Å². The highest BCUT2D eigenvalue weighted by Crippen LogP contribution is 2.26. The monoisotopic (exact) mass is 359 g/mol. The fourth-order valence-electron chi connectivity index (χ4n) is 1.97. The van der Waals surface area contributed by atoms with Crippen molar-refractivity contribution in [3.63, 3.8) is 0 Å². The van der Waals surface area contributed by atoms with Gasteiger partial charge in [0.15, 0.2) is 0 Å². The smallest absolute Gasteiger partial charge is 0.253 e. The highest BCUT2D eigenvalue weighted by Gasteiger charge is 2.16. The number of nitrogens with zero attached hydrogens (tertiary/aromatic N) is 1. The average Bonchev–Trinajstić information content (AvgIpc) is 2.53. The SMILES string of the molecule is CCOc1ccc(C(=O)N(C)C)cc1NC(=O)CC(CN)OC.Cl. The summed E-state index contributed by atoms with van der Waals surface area (Å²) in [4.78, 5) is 25.6. The lowest BCUT2D eigenvalue weighted by Crippen LogP contribution is -2.28. The Kier molecular flexibility index (Phi) is 10.0. The molecule has 3 N–H and O–H groups in total. The number of rotatable bonds is 8. The van der Waals surface area contributed by atoms with Gasteiger partial charge in [0.1, 0.15) is 5.75 Å². The van der Waals surface area contributed by atoms with Crippen LogP contribution in [0.25, 0.3) is 0 Å². The van der Waals surface area contributed by atoms with Gasteiger partial charge in [-0.2, -0.15) is 0 Å². The molecule has 8 heteroatoms. The lowest BCUT2D eigenvalue weighted by atomic mass is 10.1. The summed E-state index contributed by atoms with van der Waals surface area (Å²) in [6.07, 6.45) is -0.220. The molecule has 0 aliphatic heterocycles. The first-order chi connectivity index (χ1) is 10.9. The maximum atomic E-state index is 12.1. The number of carbonyl (C=O) groups is 2. The van der Waals surface area contributed by atoms with Crippen LogP contribution < -0.4 is 15.8 Å². The molecule has 0 spiro atoms. The quantitative estimate of drug-likeness (QED) is 0.733. The van der Waals surface area contributed by atoms with Gasteiger partial charge in [-0.1, -0.05) is 0 Å². The maximum Gasteiger partial charge on any atom is 0.253 e. The fourth-order valence-corrected chi connectivity index (χ4v) is 1.97. The Balaban J connectivity index is 0.00000529. The van der Waals surface area contributed by atoms with Gasteiger partial charge >= 0.3 is 0 Å². The van der Waals surface area contributed by atoms with Gasteiger partial charge in [0.25, 0.3) is 5.91 Å². The number of hydrogen-bond donors (Lipinski definition) is 2. The molecule has 1 unspecified atom stereocenters. The molecule has 2 amide bonds. The number of benzene rings is 1.